The molecule has 0 aromatic heterocycles. The molecule has 0 spiro atoms. The summed E-state index contributed by atoms with van der Waals surface area (Å²) in [6.07, 6.45) is 5.04. The van der Waals surface area contributed by atoms with Crippen molar-refractivity contribution in [3.63, 3.8) is 0 Å². The van der Waals surface area contributed by atoms with Crippen LogP contribution in [0, 0.1) is 23.1 Å². The van der Waals surface area contributed by atoms with Gasteiger partial charge in [-0.3, -0.25) is 5.41 Å². The number of nitrogens with one attached hydrogen (secondary N) is 1. The second kappa shape index (κ2) is 5.35. The van der Waals surface area contributed by atoms with Crippen molar-refractivity contribution >= 4 is 27.5 Å². The van der Waals surface area contributed by atoms with Crippen molar-refractivity contribution in [1.82, 2.24) is 0 Å². The van der Waals surface area contributed by atoms with Crippen molar-refractivity contribution in [3.05, 3.63) is 28.0 Å². The zero-order valence-electron chi connectivity index (χ0n) is 11.3. The van der Waals surface area contributed by atoms with Gasteiger partial charge in [0.1, 0.15) is 5.84 Å². The molecule has 0 radical (unpaired) electrons. The molecular formula is C15H19BrFN3. The number of nitrogen functional groups attached to an aromatic ring is 1. The molecule has 0 bridgehead atoms. The van der Waals surface area contributed by atoms with Gasteiger partial charge in [0.15, 0.2) is 5.82 Å². The SMILES string of the molecule is N=C(N)c1ccc(N(CC2CC2)CC2CC2)c(F)c1Br. The van der Waals surface area contributed by atoms with Crippen LogP contribution >= 0.6 is 15.9 Å². The maximum absolute atomic E-state index is 14.6. The van der Waals surface area contributed by atoms with E-state index < -0.39 is 0 Å². The Kier molecular flexibility index (Phi) is 3.71. The standard InChI is InChI=1S/C15H19BrFN3/c16-13-11(15(18)19)5-6-12(14(13)17)20(7-9-1-2-9)8-10-3-4-10/h5-6,9-10H,1-4,7-8H2,(H3,18,19). The predicted octanol–water partition coefficient (Wildman–Crippen LogP) is 3.50. The molecule has 0 unspecified atom stereocenters. The fourth-order valence-corrected chi connectivity index (χ4v) is 3.04. The maximum Gasteiger partial charge on any atom is 0.161 e. The summed E-state index contributed by atoms with van der Waals surface area (Å²) in [6.45, 7) is 1.89. The molecule has 2 fully saturated rings. The molecular weight excluding hydrogens is 321 g/mol. The highest BCUT2D eigenvalue weighted by Crippen LogP contribution is 2.38. The second-order valence-corrected chi connectivity index (χ2v) is 6.76. The number of halogens is 2. The minimum absolute atomic E-state index is 0.113. The average Bonchev–Trinajstić information content (AvgIpc) is 3.26. The Morgan fingerprint density at radius 1 is 1.25 bits per heavy atom. The lowest BCUT2D eigenvalue weighted by Crippen LogP contribution is -2.29. The summed E-state index contributed by atoms with van der Waals surface area (Å²) >= 11 is 3.24. The first-order valence-electron chi connectivity index (χ1n) is 7.13. The van der Waals surface area contributed by atoms with Crippen molar-refractivity contribution in [2.45, 2.75) is 25.7 Å². The van der Waals surface area contributed by atoms with Gasteiger partial charge in [-0.25, -0.2) is 4.39 Å². The van der Waals surface area contributed by atoms with E-state index in [1.807, 2.05) is 0 Å². The largest absolute Gasteiger partial charge is 0.384 e. The fraction of sp³-hybridized carbons (Fsp3) is 0.533. The Hall–Kier alpha value is -1.10. The van der Waals surface area contributed by atoms with Gasteiger partial charge in [0, 0.05) is 18.7 Å². The fourth-order valence-electron chi connectivity index (χ4n) is 2.49. The van der Waals surface area contributed by atoms with E-state index in [0.29, 0.717) is 15.7 Å². The average molecular weight is 340 g/mol. The summed E-state index contributed by atoms with van der Waals surface area (Å²) in [5, 5.41) is 7.46. The number of anilines is 1. The summed E-state index contributed by atoms with van der Waals surface area (Å²) in [7, 11) is 0. The molecule has 3 rings (SSSR count). The van der Waals surface area contributed by atoms with Gasteiger partial charge in [-0.15, -0.1) is 0 Å². The Morgan fingerprint density at radius 2 is 1.80 bits per heavy atom. The number of amidine groups is 1. The van der Waals surface area contributed by atoms with Gasteiger partial charge in [0.2, 0.25) is 0 Å². The van der Waals surface area contributed by atoms with Crippen LogP contribution < -0.4 is 10.6 Å². The number of nitrogens with two attached hydrogens (primary N) is 1. The van der Waals surface area contributed by atoms with E-state index in [1.165, 1.54) is 25.7 Å². The minimum Gasteiger partial charge on any atom is -0.384 e. The molecule has 108 valence electrons. The third kappa shape index (κ3) is 2.97. The Labute approximate surface area is 127 Å². The third-order valence-electron chi connectivity index (χ3n) is 4.04. The number of hydrogen-bond donors (Lipinski definition) is 2. The summed E-state index contributed by atoms with van der Waals surface area (Å²) in [6, 6.07) is 3.50. The van der Waals surface area contributed by atoms with Crippen LogP contribution in [0.4, 0.5) is 10.1 Å². The molecule has 0 aliphatic heterocycles. The summed E-state index contributed by atoms with van der Waals surface area (Å²) in [5.74, 6) is 1.04. The normalized spacial score (nSPS) is 18.1. The van der Waals surface area contributed by atoms with Crippen molar-refractivity contribution in [3.8, 4) is 0 Å². The summed E-state index contributed by atoms with van der Waals surface area (Å²) in [4.78, 5) is 2.18. The molecule has 5 heteroatoms. The monoisotopic (exact) mass is 339 g/mol. The van der Waals surface area contributed by atoms with E-state index >= 15 is 0 Å². The Balaban J connectivity index is 1.88. The lowest BCUT2D eigenvalue weighted by Gasteiger charge is -2.26. The van der Waals surface area contributed by atoms with E-state index in [4.69, 9.17) is 11.1 Å². The first kappa shape index (κ1) is 13.9. The zero-order chi connectivity index (χ0) is 14.3. The van der Waals surface area contributed by atoms with Crippen LogP contribution in [0.15, 0.2) is 16.6 Å². The van der Waals surface area contributed by atoms with Crippen molar-refractivity contribution in [2.75, 3.05) is 18.0 Å². The van der Waals surface area contributed by atoms with Gasteiger partial charge in [-0.2, -0.15) is 0 Å². The molecule has 2 saturated carbocycles. The van der Waals surface area contributed by atoms with E-state index in [2.05, 4.69) is 20.8 Å². The number of hydrogen-bond acceptors (Lipinski definition) is 2. The Morgan fingerprint density at radius 3 is 2.25 bits per heavy atom. The molecule has 0 heterocycles. The van der Waals surface area contributed by atoms with Gasteiger partial charge >= 0.3 is 0 Å². The molecule has 1 aromatic rings. The highest BCUT2D eigenvalue weighted by Gasteiger charge is 2.31. The molecule has 2 aliphatic carbocycles. The van der Waals surface area contributed by atoms with Gasteiger partial charge in [0.05, 0.1) is 10.2 Å². The smallest absolute Gasteiger partial charge is 0.161 e. The van der Waals surface area contributed by atoms with Crippen molar-refractivity contribution < 1.29 is 4.39 Å². The van der Waals surface area contributed by atoms with Crippen LogP contribution in [0.25, 0.3) is 0 Å². The summed E-state index contributed by atoms with van der Waals surface area (Å²) in [5.41, 5.74) is 6.52. The predicted molar refractivity (Wildman–Crippen MR) is 82.8 cm³/mol. The van der Waals surface area contributed by atoms with E-state index in [-0.39, 0.29) is 11.7 Å². The number of benzene rings is 1. The number of nitrogens with zero attached hydrogens (tertiary/aromatic N) is 1. The number of rotatable bonds is 6. The molecule has 0 atom stereocenters. The van der Waals surface area contributed by atoms with Gasteiger partial charge < -0.3 is 10.6 Å². The van der Waals surface area contributed by atoms with Gasteiger partial charge in [-0.1, -0.05) is 0 Å². The van der Waals surface area contributed by atoms with Crippen molar-refractivity contribution in [2.24, 2.45) is 17.6 Å². The maximum atomic E-state index is 14.6. The molecule has 1 aromatic carbocycles. The van der Waals surface area contributed by atoms with Crippen LogP contribution in [-0.4, -0.2) is 18.9 Å². The first-order chi connectivity index (χ1) is 9.56. The quantitative estimate of drug-likeness (QED) is 0.615. The van der Waals surface area contributed by atoms with Crippen molar-refractivity contribution in [1.29, 1.82) is 5.41 Å². The highest BCUT2D eigenvalue weighted by molar-refractivity contribution is 9.10. The molecule has 20 heavy (non-hydrogen) atoms. The highest BCUT2D eigenvalue weighted by atomic mass is 79.9. The van der Waals surface area contributed by atoms with Crippen LogP contribution in [0.3, 0.4) is 0 Å². The summed E-state index contributed by atoms with van der Waals surface area (Å²) < 4.78 is 14.9. The first-order valence-corrected chi connectivity index (χ1v) is 7.93. The molecule has 3 nitrogen and oxygen atoms in total. The van der Waals surface area contributed by atoms with Crippen LogP contribution in [0.2, 0.25) is 0 Å². The van der Waals surface area contributed by atoms with E-state index in [1.54, 1.807) is 12.1 Å². The van der Waals surface area contributed by atoms with Crippen LogP contribution in [-0.2, 0) is 0 Å². The minimum atomic E-state index is -0.293. The zero-order valence-corrected chi connectivity index (χ0v) is 12.9. The van der Waals surface area contributed by atoms with Gasteiger partial charge in [0.25, 0.3) is 0 Å². The molecule has 0 amide bonds. The molecule has 0 saturated heterocycles. The lowest BCUT2D eigenvalue weighted by atomic mass is 10.1. The van der Waals surface area contributed by atoms with Crippen LogP contribution in [0.5, 0.6) is 0 Å². The molecule has 3 N–H and O–H groups in total. The van der Waals surface area contributed by atoms with Crippen LogP contribution in [0.1, 0.15) is 31.2 Å². The topological polar surface area (TPSA) is 53.1 Å². The second-order valence-electron chi connectivity index (χ2n) is 5.97. The third-order valence-corrected chi connectivity index (χ3v) is 4.82. The van der Waals surface area contributed by atoms with E-state index in [0.717, 1.165) is 24.9 Å². The van der Waals surface area contributed by atoms with E-state index in [9.17, 15) is 4.39 Å². The Bertz CT molecular complexity index is 524. The van der Waals surface area contributed by atoms with Gasteiger partial charge in [-0.05, 0) is 65.6 Å². The lowest BCUT2D eigenvalue weighted by molar-refractivity contribution is 0.597. The molecule has 2 aliphatic rings.